The molecule has 2 aromatic rings. The number of para-hydroxylation sites is 1. The van der Waals surface area contributed by atoms with Crippen LogP contribution in [0.5, 0.6) is 5.75 Å². The lowest BCUT2D eigenvalue weighted by atomic mass is 10.2. The highest BCUT2D eigenvalue weighted by atomic mass is 16.5. The molecule has 0 unspecified atom stereocenters. The number of furan rings is 1. The number of amides is 2. The van der Waals surface area contributed by atoms with Crippen LogP contribution >= 0.6 is 0 Å². The summed E-state index contributed by atoms with van der Waals surface area (Å²) in [4.78, 5) is 30.9. The standard InChI is InChI=1S/C22H27N3O5/c26-21(24-12-14-28-15-13-24)16-23-8-10-25(11-9-23)22(27)20-7-6-19(30-20)17-29-18-4-2-1-3-5-18/h1-7H,8-17H2. The normalized spacial score (nSPS) is 17.7. The molecule has 0 aliphatic carbocycles. The molecular weight excluding hydrogens is 386 g/mol. The second-order valence-corrected chi connectivity index (χ2v) is 7.43. The summed E-state index contributed by atoms with van der Waals surface area (Å²) in [6, 6.07) is 12.9. The van der Waals surface area contributed by atoms with Crippen LogP contribution in [0.4, 0.5) is 0 Å². The lowest BCUT2D eigenvalue weighted by molar-refractivity contribution is -0.136. The van der Waals surface area contributed by atoms with Crippen LogP contribution in [0.25, 0.3) is 0 Å². The van der Waals surface area contributed by atoms with E-state index in [4.69, 9.17) is 13.9 Å². The average Bonchev–Trinajstić information content (AvgIpc) is 3.28. The Morgan fingerprint density at radius 2 is 1.60 bits per heavy atom. The van der Waals surface area contributed by atoms with Gasteiger partial charge in [0.1, 0.15) is 18.1 Å². The van der Waals surface area contributed by atoms with Crippen LogP contribution in [0.3, 0.4) is 0 Å². The van der Waals surface area contributed by atoms with Gasteiger partial charge in [0.25, 0.3) is 5.91 Å². The minimum absolute atomic E-state index is 0.125. The second-order valence-electron chi connectivity index (χ2n) is 7.43. The van der Waals surface area contributed by atoms with Crippen LogP contribution < -0.4 is 4.74 Å². The molecule has 0 N–H and O–H groups in total. The smallest absolute Gasteiger partial charge is 0.289 e. The van der Waals surface area contributed by atoms with Gasteiger partial charge in [0.15, 0.2) is 5.76 Å². The highest BCUT2D eigenvalue weighted by Gasteiger charge is 2.26. The zero-order chi connectivity index (χ0) is 20.8. The number of piperazine rings is 1. The molecule has 0 radical (unpaired) electrons. The first-order valence-electron chi connectivity index (χ1n) is 10.3. The highest BCUT2D eigenvalue weighted by Crippen LogP contribution is 2.16. The van der Waals surface area contributed by atoms with Crippen molar-refractivity contribution in [2.45, 2.75) is 6.61 Å². The van der Waals surface area contributed by atoms with Gasteiger partial charge in [-0.1, -0.05) is 18.2 Å². The summed E-state index contributed by atoms with van der Waals surface area (Å²) in [6.07, 6.45) is 0. The molecule has 2 saturated heterocycles. The highest BCUT2D eigenvalue weighted by molar-refractivity contribution is 5.91. The Morgan fingerprint density at radius 3 is 2.33 bits per heavy atom. The Kier molecular flexibility index (Phi) is 6.66. The topological polar surface area (TPSA) is 75.5 Å². The van der Waals surface area contributed by atoms with Crippen molar-refractivity contribution in [2.75, 3.05) is 59.0 Å². The van der Waals surface area contributed by atoms with Gasteiger partial charge in [-0.3, -0.25) is 14.5 Å². The Morgan fingerprint density at radius 1 is 0.867 bits per heavy atom. The van der Waals surface area contributed by atoms with E-state index in [1.165, 1.54) is 0 Å². The summed E-state index contributed by atoms with van der Waals surface area (Å²) < 4.78 is 16.6. The van der Waals surface area contributed by atoms with Gasteiger partial charge in [-0.25, -0.2) is 0 Å². The van der Waals surface area contributed by atoms with Crippen molar-refractivity contribution in [3.05, 3.63) is 54.0 Å². The number of ether oxygens (including phenoxy) is 2. The SMILES string of the molecule is O=C(CN1CCN(C(=O)c2ccc(COc3ccccc3)o2)CC1)N1CCOCC1. The molecule has 3 heterocycles. The monoisotopic (exact) mass is 413 g/mol. The van der Waals surface area contributed by atoms with E-state index in [1.807, 2.05) is 35.2 Å². The molecule has 1 aromatic carbocycles. The number of carbonyl (C=O) groups excluding carboxylic acids is 2. The first-order valence-corrected chi connectivity index (χ1v) is 10.3. The molecule has 0 bridgehead atoms. The van der Waals surface area contributed by atoms with Crippen LogP contribution in [0.1, 0.15) is 16.3 Å². The molecule has 4 rings (SSSR count). The van der Waals surface area contributed by atoms with E-state index in [2.05, 4.69) is 4.90 Å². The second kappa shape index (κ2) is 9.77. The first-order chi connectivity index (χ1) is 14.7. The molecule has 1 aromatic heterocycles. The van der Waals surface area contributed by atoms with Gasteiger partial charge < -0.3 is 23.7 Å². The lowest BCUT2D eigenvalue weighted by Crippen LogP contribution is -2.52. The van der Waals surface area contributed by atoms with Crippen LogP contribution in [0.15, 0.2) is 46.9 Å². The molecule has 30 heavy (non-hydrogen) atoms. The van der Waals surface area contributed by atoms with E-state index in [0.29, 0.717) is 70.5 Å². The van der Waals surface area contributed by atoms with Gasteiger partial charge in [-0.05, 0) is 24.3 Å². The molecule has 2 fully saturated rings. The summed E-state index contributed by atoms with van der Waals surface area (Å²) in [7, 11) is 0. The van der Waals surface area contributed by atoms with Gasteiger partial charge in [0.05, 0.1) is 19.8 Å². The molecule has 0 saturated carbocycles. The zero-order valence-corrected chi connectivity index (χ0v) is 17.0. The predicted molar refractivity (Wildman–Crippen MR) is 109 cm³/mol. The van der Waals surface area contributed by atoms with Crippen molar-refractivity contribution in [2.24, 2.45) is 0 Å². The fourth-order valence-electron chi connectivity index (χ4n) is 3.61. The van der Waals surface area contributed by atoms with Gasteiger partial charge in [-0.15, -0.1) is 0 Å². The van der Waals surface area contributed by atoms with Crippen LogP contribution in [-0.2, 0) is 16.1 Å². The molecule has 2 aliphatic rings. The van der Waals surface area contributed by atoms with Gasteiger partial charge in [0, 0.05) is 39.3 Å². The number of benzene rings is 1. The van der Waals surface area contributed by atoms with Crippen molar-refractivity contribution in [3.8, 4) is 5.75 Å². The maximum Gasteiger partial charge on any atom is 0.289 e. The van der Waals surface area contributed by atoms with E-state index in [0.717, 1.165) is 5.75 Å². The Hall–Kier alpha value is -2.84. The van der Waals surface area contributed by atoms with Crippen molar-refractivity contribution >= 4 is 11.8 Å². The first kappa shape index (κ1) is 20.4. The third-order valence-corrected chi connectivity index (χ3v) is 5.38. The number of nitrogens with zero attached hydrogens (tertiary/aromatic N) is 3. The quantitative estimate of drug-likeness (QED) is 0.714. The Bertz CT molecular complexity index is 839. The summed E-state index contributed by atoms with van der Waals surface area (Å²) >= 11 is 0. The van der Waals surface area contributed by atoms with Crippen molar-refractivity contribution in [1.82, 2.24) is 14.7 Å². The lowest BCUT2D eigenvalue weighted by Gasteiger charge is -2.35. The average molecular weight is 413 g/mol. The number of rotatable bonds is 6. The Balaban J connectivity index is 1.23. The number of carbonyl (C=O) groups is 2. The number of hydrogen-bond acceptors (Lipinski definition) is 6. The van der Waals surface area contributed by atoms with Crippen LogP contribution in [0, 0.1) is 0 Å². The summed E-state index contributed by atoms with van der Waals surface area (Å²) in [5.41, 5.74) is 0. The van der Waals surface area contributed by atoms with E-state index < -0.39 is 0 Å². The van der Waals surface area contributed by atoms with E-state index >= 15 is 0 Å². The van der Waals surface area contributed by atoms with E-state index in [1.54, 1.807) is 17.0 Å². The third kappa shape index (κ3) is 5.20. The molecule has 2 amide bonds. The Labute approximate surface area is 175 Å². The molecular formula is C22H27N3O5. The van der Waals surface area contributed by atoms with Crippen molar-refractivity contribution in [3.63, 3.8) is 0 Å². The van der Waals surface area contributed by atoms with Crippen LogP contribution in [0.2, 0.25) is 0 Å². The fraction of sp³-hybridized carbons (Fsp3) is 0.455. The maximum atomic E-state index is 12.7. The molecule has 160 valence electrons. The third-order valence-electron chi connectivity index (χ3n) is 5.38. The number of hydrogen-bond donors (Lipinski definition) is 0. The van der Waals surface area contributed by atoms with Crippen molar-refractivity contribution < 1.29 is 23.5 Å². The molecule has 0 spiro atoms. The van der Waals surface area contributed by atoms with Gasteiger partial charge in [0.2, 0.25) is 5.91 Å². The molecule has 8 heteroatoms. The maximum absolute atomic E-state index is 12.7. The zero-order valence-electron chi connectivity index (χ0n) is 17.0. The van der Waals surface area contributed by atoms with Gasteiger partial charge in [-0.2, -0.15) is 0 Å². The summed E-state index contributed by atoms with van der Waals surface area (Å²) in [5, 5.41) is 0. The minimum Gasteiger partial charge on any atom is -0.486 e. The molecule has 2 aliphatic heterocycles. The summed E-state index contributed by atoms with van der Waals surface area (Å²) in [5.74, 6) is 1.69. The number of morpholine rings is 1. The predicted octanol–water partition coefficient (Wildman–Crippen LogP) is 1.48. The molecule has 8 nitrogen and oxygen atoms in total. The van der Waals surface area contributed by atoms with E-state index in [-0.39, 0.29) is 18.4 Å². The largest absolute Gasteiger partial charge is 0.486 e. The minimum atomic E-state index is -0.125. The van der Waals surface area contributed by atoms with E-state index in [9.17, 15) is 9.59 Å². The fourth-order valence-corrected chi connectivity index (χ4v) is 3.61. The van der Waals surface area contributed by atoms with Gasteiger partial charge >= 0.3 is 0 Å². The van der Waals surface area contributed by atoms with Crippen LogP contribution in [-0.4, -0.2) is 85.5 Å². The summed E-state index contributed by atoms with van der Waals surface area (Å²) in [6.45, 7) is 5.69. The van der Waals surface area contributed by atoms with Crippen molar-refractivity contribution in [1.29, 1.82) is 0 Å². The molecule has 0 atom stereocenters.